The van der Waals surface area contributed by atoms with Gasteiger partial charge >= 0.3 is 0 Å². The van der Waals surface area contributed by atoms with Crippen molar-refractivity contribution in [2.45, 2.75) is 31.5 Å². The van der Waals surface area contributed by atoms with Gasteiger partial charge in [-0.1, -0.05) is 30.3 Å². The van der Waals surface area contributed by atoms with E-state index in [1.165, 1.54) is 5.56 Å². The molecule has 1 saturated carbocycles. The van der Waals surface area contributed by atoms with Gasteiger partial charge in [0, 0.05) is 26.2 Å². The van der Waals surface area contributed by atoms with Gasteiger partial charge in [-0.05, 0) is 24.3 Å². The molecule has 2 atom stereocenters. The smallest absolute Gasteiger partial charge is 0.214 e. The molecule has 0 N–H and O–H groups in total. The quantitative estimate of drug-likeness (QED) is 0.814. The fraction of sp³-hybridized carbons (Fsp3) is 0.647. The fourth-order valence-corrected chi connectivity index (χ4v) is 5.55. The molecule has 2 saturated heterocycles. The zero-order valence-electron chi connectivity index (χ0n) is 13.3. The zero-order valence-corrected chi connectivity index (χ0v) is 14.1. The van der Waals surface area contributed by atoms with Crippen molar-refractivity contribution in [1.29, 1.82) is 0 Å². The van der Waals surface area contributed by atoms with Crippen LogP contribution in [0.3, 0.4) is 0 Å². The number of morpholine rings is 1. The van der Waals surface area contributed by atoms with Crippen molar-refractivity contribution in [3.8, 4) is 0 Å². The summed E-state index contributed by atoms with van der Waals surface area (Å²) < 4.78 is 32.6. The Balaban J connectivity index is 1.45. The minimum absolute atomic E-state index is 0.0152. The van der Waals surface area contributed by atoms with Crippen molar-refractivity contribution < 1.29 is 13.2 Å². The molecular formula is C17H24N2O3S. The van der Waals surface area contributed by atoms with E-state index in [0.29, 0.717) is 31.4 Å². The van der Waals surface area contributed by atoms with Crippen LogP contribution >= 0.6 is 0 Å². The molecule has 3 fully saturated rings. The van der Waals surface area contributed by atoms with Crippen molar-refractivity contribution >= 4 is 10.0 Å². The van der Waals surface area contributed by atoms with Gasteiger partial charge in [0.2, 0.25) is 10.0 Å². The van der Waals surface area contributed by atoms with Crippen LogP contribution in [-0.4, -0.2) is 61.8 Å². The lowest BCUT2D eigenvalue weighted by molar-refractivity contribution is -0.0502. The molecule has 6 heteroatoms. The number of hydrogen-bond donors (Lipinski definition) is 0. The van der Waals surface area contributed by atoms with E-state index >= 15 is 0 Å². The lowest BCUT2D eigenvalue weighted by atomic mass is 10.1. The van der Waals surface area contributed by atoms with Gasteiger partial charge in [-0.15, -0.1) is 0 Å². The topological polar surface area (TPSA) is 49.9 Å². The second kappa shape index (κ2) is 6.16. The van der Waals surface area contributed by atoms with Gasteiger partial charge in [0.25, 0.3) is 0 Å². The van der Waals surface area contributed by atoms with E-state index < -0.39 is 10.0 Å². The third-order valence-corrected chi connectivity index (χ3v) is 7.13. The van der Waals surface area contributed by atoms with Crippen molar-refractivity contribution in [2.75, 3.05) is 32.0 Å². The van der Waals surface area contributed by atoms with Crippen LogP contribution < -0.4 is 0 Å². The van der Waals surface area contributed by atoms with Crippen LogP contribution in [0.4, 0.5) is 0 Å². The molecule has 0 spiro atoms. The van der Waals surface area contributed by atoms with Gasteiger partial charge in [0.05, 0.1) is 24.5 Å². The van der Waals surface area contributed by atoms with Gasteiger partial charge in [-0.3, -0.25) is 4.90 Å². The molecule has 126 valence electrons. The van der Waals surface area contributed by atoms with Crippen molar-refractivity contribution in [2.24, 2.45) is 5.92 Å². The number of hydrogen-bond acceptors (Lipinski definition) is 4. The molecule has 0 aromatic heterocycles. The lowest BCUT2D eigenvalue weighted by Gasteiger charge is -2.36. The predicted molar refractivity (Wildman–Crippen MR) is 88.5 cm³/mol. The summed E-state index contributed by atoms with van der Waals surface area (Å²) in [7, 11) is -3.12. The Morgan fingerprint density at radius 2 is 1.91 bits per heavy atom. The van der Waals surface area contributed by atoms with Gasteiger partial charge in [-0.2, -0.15) is 4.31 Å². The molecule has 0 unspecified atom stereocenters. The maximum Gasteiger partial charge on any atom is 0.214 e. The van der Waals surface area contributed by atoms with E-state index in [1.807, 2.05) is 18.2 Å². The Labute approximate surface area is 138 Å². The SMILES string of the molecule is O=S(=O)(CC1CC1)N1C[C@H]2OCCN(Cc3ccccc3)[C@H]2C1. The molecule has 1 aliphatic carbocycles. The van der Waals surface area contributed by atoms with Crippen LogP contribution in [-0.2, 0) is 21.3 Å². The third kappa shape index (κ3) is 3.45. The first-order valence-corrected chi connectivity index (χ1v) is 10.1. The molecule has 2 aliphatic heterocycles. The summed E-state index contributed by atoms with van der Waals surface area (Å²) in [5.74, 6) is 0.717. The molecule has 1 aromatic carbocycles. The number of nitrogens with zero attached hydrogens (tertiary/aromatic N) is 2. The molecule has 3 aliphatic rings. The van der Waals surface area contributed by atoms with Crippen LogP contribution in [0.2, 0.25) is 0 Å². The van der Waals surface area contributed by atoms with Gasteiger partial charge in [0.1, 0.15) is 0 Å². The first-order valence-electron chi connectivity index (χ1n) is 8.49. The van der Waals surface area contributed by atoms with Crippen molar-refractivity contribution in [3.63, 3.8) is 0 Å². The number of sulfonamides is 1. The van der Waals surface area contributed by atoms with Gasteiger partial charge in [-0.25, -0.2) is 8.42 Å². The van der Waals surface area contributed by atoms with Crippen LogP contribution in [0.15, 0.2) is 30.3 Å². The number of ether oxygens (including phenoxy) is 1. The second-order valence-corrected chi connectivity index (χ2v) is 8.99. The predicted octanol–water partition coefficient (Wildman–Crippen LogP) is 1.31. The summed E-state index contributed by atoms with van der Waals surface area (Å²) in [5.41, 5.74) is 1.27. The number of benzene rings is 1. The maximum absolute atomic E-state index is 12.5. The van der Waals surface area contributed by atoms with Crippen molar-refractivity contribution in [3.05, 3.63) is 35.9 Å². The fourth-order valence-electron chi connectivity index (χ4n) is 3.65. The van der Waals surface area contributed by atoms with E-state index in [0.717, 1.165) is 25.9 Å². The zero-order chi connectivity index (χ0) is 15.9. The van der Waals surface area contributed by atoms with Gasteiger partial charge < -0.3 is 4.74 Å². The summed E-state index contributed by atoms with van der Waals surface area (Å²) in [6.45, 7) is 3.51. The Morgan fingerprint density at radius 1 is 1.13 bits per heavy atom. The third-order valence-electron chi connectivity index (χ3n) is 5.15. The van der Waals surface area contributed by atoms with Crippen LogP contribution in [0.1, 0.15) is 18.4 Å². The number of rotatable bonds is 5. The highest BCUT2D eigenvalue weighted by Gasteiger charge is 2.45. The van der Waals surface area contributed by atoms with E-state index in [4.69, 9.17) is 4.74 Å². The Morgan fingerprint density at radius 3 is 2.65 bits per heavy atom. The molecule has 0 bridgehead atoms. The molecule has 0 amide bonds. The van der Waals surface area contributed by atoms with Crippen LogP contribution in [0.25, 0.3) is 0 Å². The largest absolute Gasteiger partial charge is 0.374 e. The summed E-state index contributed by atoms with van der Waals surface area (Å²) in [6, 6.07) is 10.6. The minimum Gasteiger partial charge on any atom is -0.374 e. The molecule has 23 heavy (non-hydrogen) atoms. The minimum atomic E-state index is -3.12. The molecule has 0 radical (unpaired) electrons. The van der Waals surface area contributed by atoms with E-state index in [-0.39, 0.29) is 12.1 Å². The standard InChI is InChI=1S/C17H24N2O3S/c20-23(21,13-15-6-7-15)19-11-16-17(12-19)22-9-8-18(16)10-14-4-2-1-3-5-14/h1-5,15-17H,6-13H2/t16-,17+/m0/s1. The van der Waals surface area contributed by atoms with E-state index in [9.17, 15) is 8.42 Å². The van der Waals surface area contributed by atoms with E-state index in [2.05, 4.69) is 17.0 Å². The Kier molecular flexibility index (Phi) is 4.17. The Hall–Kier alpha value is -0.950. The molecular weight excluding hydrogens is 312 g/mol. The summed E-state index contributed by atoms with van der Waals surface area (Å²) >= 11 is 0. The highest BCUT2D eigenvalue weighted by Crippen LogP contribution is 2.33. The average molecular weight is 336 g/mol. The van der Waals surface area contributed by atoms with Gasteiger partial charge in [0.15, 0.2) is 0 Å². The van der Waals surface area contributed by atoms with Crippen LogP contribution in [0.5, 0.6) is 0 Å². The average Bonchev–Trinajstić information content (AvgIpc) is 3.21. The first kappa shape index (κ1) is 15.6. The highest BCUT2D eigenvalue weighted by molar-refractivity contribution is 7.89. The van der Waals surface area contributed by atoms with E-state index in [1.54, 1.807) is 4.31 Å². The summed E-state index contributed by atoms with van der Waals surface area (Å²) in [5, 5.41) is 0. The summed E-state index contributed by atoms with van der Waals surface area (Å²) in [4.78, 5) is 2.39. The van der Waals surface area contributed by atoms with Crippen molar-refractivity contribution in [1.82, 2.24) is 9.21 Å². The molecule has 1 aromatic rings. The first-order chi connectivity index (χ1) is 11.1. The monoisotopic (exact) mass is 336 g/mol. The molecule has 5 nitrogen and oxygen atoms in total. The number of fused-ring (bicyclic) bond motifs is 1. The molecule has 2 heterocycles. The summed E-state index contributed by atoms with van der Waals surface area (Å²) in [6.07, 6.45) is 2.15. The normalized spacial score (nSPS) is 29.6. The highest BCUT2D eigenvalue weighted by atomic mass is 32.2. The van der Waals surface area contributed by atoms with Crippen LogP contribution in [0, 0.1) is 5.92 Å². The second-order valence-electron chi connectivity index (χ2n) is 6.97. The Bertz CT molecular complexity index is 645. The lowest BCUT2D eigenvalue weighted by Crippen LogP contribution is -2.50. The molecule has 4 rings (SSSR count). The maximum atomic E-state index is 12.5.